The lowest BCUT2D eigenvalue weighted by molar-refractivity contribution is -0.114. The highest BCUT2D eigenvalue weighted by Gasteiger charge is 2.32. The number of carbonyl (C=O) groups is 2. The second-order valence-corrected chi connectivity index (χ2v) is 6.73. The fourth-order valence-electron chi connectivity index (χ4n) is 3.21. The first kappa shape index (κ1) is 18.4. The molecule has 4 heteroatoms. The first-order valence-corrected chi connectivity index (χ1v) is 9.25. The summed E-state index contributed by atoms with van der Waals surface area (Å²) in [6.45, 7) is 0. The molecular weight excluding hydrogens is 360 g/mol. The van der Waals surface area contributed by atoms with Crippen molar-refractivity contribution in [1.29, 1.82) is 0 Å². The van der Waals surface area contributed by atoms with E-state index in [0.29, 0.717) is 17.7 Å². The molecule has 2 aromatic carbocycles. The molecule has 1 amide bonds. The highest BCUT2D eigenvalue weighted by molar-refractivity contribution is 6.36. The highest BCUT2D eigenvalue weighted by atomic mass is 16.2. The Balaban J connectivity index is 1.66. The number of fused-ring (bicyclic) bond motifs is 1. The maximum absolute atomic E-state index is 13.1. The van der Waals surface area contributed by atoms with Gasteiger partial charge in [0.05, 0.1) is 11.3 Å². The summed E-state index contributed by atoms with van der Waals surface area (Å²) in [7, 11) is 1.68. The van der Waals surface area contributed by atoms with Gasteiger partial charge in [-0.2, -0.15) is 0 Å². The number of benzene rings is 2. The summed E-state index contributed by atoms with van der Waals surface area (Å²) in [5, 5.41) is 0. The van der Waals surface area contributed by atoms with Gasteiger partial charge in [-0.05, 0) is 47.5 Å². The normalized spacial score (nSPS) is 14.4. The Hall–Kier alpha value is -3.97. The first-order valence-electron chi connectivity index (χ1n) is 9.25. The lowest BCUT2D eigenvalue weighted by Gasteiger charge is -2.26. The Kier molecular flexibility index (Phi) is 5.05. The van der Waals surface area contributed by atoms with Gasteiger partial charge in [-0.15, -0.1) is 0 Å². The van der Waals surface area contributed by atoms with Gasteiger partial charge in [-0.25, -0.2) is 0 Å². The molecule has 140 valence electrons. The van der Waals surface area contributed by atoms with Crippen LogP contribution in [-0.2, 0) is 11.2 Å². The number of hydrogen-bond donors (Lipinski definition) is 0. The van der Waals surface area contributed by atoms with Gasteiger partial charge >= 0.3 is 0 Å². The minimum Gasteiger partial charge on any atom is -0.311 e. The van der Waals surface area contributed by atoms with Crippen LogP contribution < -0.4 is 4.90 Å². The van der Waals surface area contributed by atoms with Crippen molar-refractivity contribution in [3.05, 3.63) is 101 Å². The van der Waals surface area contributed by atoms with Crippen molar-refractivity contribution in [3.8, 4) is 11.8 Å². The topological polar surface area (TPSA) is 50.3 Å². The molecule has 0 bridgehead atoms. The number of rotatable bonds is 2. The summed E-state index contributed by atoms with van der Waals surface area (Å²) in [6.07, 6.45) is 5.72. The van der Waals surface area contributed by atoms with E-state index in [-0.39, 0.29) is 17.3 Å². The second kappa shape index (κ2) is 7.95. The molecule has 3 aromatic rings. The van der Waals surface area contributed by atoms with Crippen LogP contribution in [0.25, 0.3) is 6.08 Å². The fourth-order valence-corrected chi connectivity index (χ4v) is 3.21. The first-order chi connectivity index (χ1) is 14.1. The van der Waals surface area contributed by atoms with E-state index >= 15 is 0 Å². The largest absolute Gasteiger partial charge is 0.311 e. The van der Waals surface area contributed by atoms with E-state index in [1.54, 1.807) is 37.7 Å². The molecule has 2 heterocycles. The maximum atomic E-state index is 13.1. The summed E-state index contributed by atoms with van der Waals surface area (Å²) in [5.74, 6) is 5.66. The SMILES string of the molecule is CN1C(=O)/C(=C\c2ccccc2)C(=O)c2cc(C#CCc3ccncc3)ccc21. The third-order valence-electron chi connectivity index (χ3n) is 4.77. The molecular formula is C25H18N2O2. The molecule has 1 aromatic heterocycles. The number of amides is 1. The quantitative estimate of drug-likeness (QED) is 0.386. The summed E-state index contributed by atoms with van der Waals surface area (Å²) in [6, 6.07) is 18.6. The molecule has 0 aliphatic carbocycles. The van der Waals surface area contributed by atoms with E-state index in [2.05, 4.69) is 16.8 Å². The predicted molar refractivity (Wildman–Crippen MR) is 113 cm³/mol. The molecule has 0 fully saturated rings. The van der Waals surface area contributed by atoms with Gasteiger partial charge in [-0.1, -0.05) is 42.2 Å². The average molecular weight is 378 g/mol. The second-order valence-electron chi connectivity index (χ2n) is 6.73. The molecule has 1 aliphatic rings. The van der Waals surface area contributed by atoms with Crippen molar-refractivity contribution in [2.75, 3.05) is 11.9 Å². The van der Waals surface area contributed by atoms with Crippen LogP contribution in [0, 0.1) is 11.8 Å². The fraction of sp³-hybridized carbons (Fsp3) is 0.0800. The van der Waals surface area contributed by atoms with Gasteiger partial charge in [0.15, 0.2) is 0 Å². The van der Waals surface area contributed by atoms with Gasteiger partial charge < -0.3 is 4.90 Å². The number of pyridine rings is 1. The van der Waals surface area contributed by atoms with E-state index in [1.807, 2.05) is 48.5 Å². The molecule has 0 saturated carbocycles. The summed E-state index contributed by atoms with van der Waals surface area (Å²) < 4.78 is 0. The molecule has 0 spiro atoms. The predicted octanol–water partition coefficient (Wildman–Crippen LogP) is 3.92. The zero-order valence-corrected chi connectivity index (χ0v) is 15.9. The van der Waals surface area contributed by atoms with Crippen molar-refractivity contribution >= 4 is 23.5 Å². The minimum absolute atomic E-state index is 0.160. The van der Waals surface area contributed by atoms with Crippen LogP contribution >= 0.6 is 0 Å². The van der Waals surface area contributed by atoms with E-state index in [9.17, 15) is 9.59 Å². The Bertz CT molecular complexity index is 1170. The lowest BCUT2D eigenvalue weighted by Crippen LogP contribution is -2.36. The number of Topliss-reactive ketones (excluding diaryl/α,β-unsaturated/α-hetero) is 1. The highest BCUT2D eigenvalue weighted by Crippen LogP contribution is 2.31. The Morgan fingerprint density at radius 2 is 1.76 bits per heavy atom. The number of hydrogen-bond acceptors (Lipinski definition) is 3. The van der Waals surface area contributed by atoms with Crippen LogP contribution in [-0.4, -0.2) is 23.7 Å². The molecule has 0 saturated heterocycles. The zero-order chi connectivity index (χ0) is 20.2. The van der Waals surface area contributed by atoms with Gasteiger partial charge in [0.2, 0.25) is 5.78 Å². The molecule has 29 heavy (non-hydrogen) atoms. The third-order valence-corrected chi connectivity index (χ3v) is 4.77. The smallest absolute Gasteiger partial charge is 0.262 e. The van der Waals surface area contributed by atoms with E-state index in [4.69, 9.17) is 0 Å². The molecule has 4 nitrogen and oxygen atoms in total. The van der Waals surface area contributed by atoms with Gasteiger partial charge in [-0.3, -0.25) is 14.6 Å². The molecule has 0 unspecified atom stereocenters. The van der Waals surface area contributed by atoms with E-state index in [1.165, 1.54) is 4.90 Å². The van der Waals surface area contributed by atoms with Gasteiger partial charge in [0.25, 0.3) is 5.91 Å². The van der Waals surface area contributed by atoms with Crippen LogP contribution in [0.3, 0.4) is 0 Å². The zero-order valence-electron chi connectivity index (χ0n) is 15.9. The van der Waals surface area contributed by atoms with Crippen molar-refractivity contribution < 1.29 is 9.59 Å². The lowest BCUT2D eigenvalue weighted by atomic mass is 9.92. The summed E-state index contributed by atoms with van der Waals surface area (Å²) in [4.78, 5) is 31.3. The van der Waals surface area contributed by atoms with Crippen LogP contribution in [0.15, 0.2) is 78.6 Å². The molecule has 4 rings (SSSR count). The van der Waals surface area contributed by atoms with Crippen molar-refractivity contribution in [2.24, 2.45) is 0 Å². The van der Waals surface area contributed by atoms with Crippen LogP contribution in [0.4, 0.5) is 5.69 Å². The Labute approximate surface area is 169 Å². The van der Waals surface area contributed by atoms with Gasteiger partial charge in [0, 0.05) is 37.0 Å². The number of carbonyl (C=O) groups excluding carboxylic acids is 2. The molecule has 0 radical (unpaired) electrons. The maximum Gasteiger partial charge on any atom is 0.262 e. The number of ketones is 1. The molecule has 0 atom stereocenters. The number of nitrogens with zero attached hydrogens (tertiary/aromatic N) is 2. The number of likely N-dealkylation sites (N-methyl/N-ethyl adjacent to an activating group) is 1. The Morgan fingerprint density at radius 1 is 1.00 bits per heavy atom. The summed E-state index contributed by atoms with van der Waals surface area (Å²) in [5.41, 5.74) is 3.89. The van der Waals surface area contributed by atoms with Crippen LogP contribution in [0.5, 0.6) is 0 Å². The van der Waals surface area contributed by atoms with Crippen LogP contribution in [0.1, 0.15) is 27.0 Å². The molecule has 1 aliphatic heterocycles. The van der Waals surface area contributed by atoms with Gasteiger partial charge in [0.1, 0.15) is 0 Å². The Morgan fingerprint density at radius 3 is 2.52 bits per heavy atom. The van der Waals surface area contributed by atoms with Crippen molar-refractivity contribution in [1.82, 2.24) is 4.98 Å². The van der Waals surface area contributed by atoms with E-state index in [0.717, 1.165) is 16.7 Å². The standard InChI is InChI=1S/C25H18N2O2/c1-27-23-11-10-20(9-5-8-18-12-14-26-15-13-18)16-21(23)24(28)22(25(27)29)17-19-6-3-2-4-7-19/h2-4,6-7,10-17H,8H2,1H3/b22-17-. The summed E-state index contributed by atoms with van der Waals surface area (Å²) >= 11 is 0. The average Bonchev–Trinajstić information content (AvgIpc) is 2.76. The van der Waals surface area contributed by atoms with Crippen molar-refractivity contribution in [3.63, 3.8) is 0 Å². The monoisotopic (exact) mass is 378 g/mol. The van der Waals surface area contributed by atoms with Crippen molar-refractivity contribution in [2.45, 2.75) is 6.42 Å². The van der Waals surface area contributed by atoms with E-state index < -0.39 is 0 Å². The molecule has 0 N–H and O–H groups in total. The number of aromatic nitrogens is 1. The van der Waals surface area contributed by atoms with Crippen LogP contribution in [0.2, 0.25) is 0 Å². The minimum atomic E-state index is -0.303. The third kappa shape index (κ3) is 3.85. The number of anilines is 1.